The monoisotopic (exact) mass is 528 g/mol. The minimum atomic E-state index is -0.754. The lowest BCUT2D eigenvalue weighted by Gasteiger charge is -2.77. The Labute approximate surface area is 235 Å². The fourth-order valence-electron chi connectivity index (χ4n) is 15.8. The first-order valence-electron chi connectivity index (χ1n) is 16.7. The van der Waals surface area contributed by atoms with Crippen molar-refractivity contribution in [2.45, 2.75) is 116 Å². The van der Waals surface area contributed by atoms with Gasteiger partial charge < -0.3 is 0 Å². The fraction of sp³-hybridized carbons (Fsp3) is 0.892. The number of hydrogen-bond donors (Lipinski definition) is 0. The smallest absolute Gasteiger partial charge is 0.0333 e. The first kappa shape index (κ1) is 24.1. The molecule has 12 saturated carbocycles. The van der Waals surface area contributed by atoms with Crippen LogP contribution in [0.3, 0.4) is 0 Å². The highest BCUT2D eigenvalue weighted by Crippen LogP contribution is 2.83. The Morgan fingerprint density at radius 2 is 0.842 bits per heavy atom. The lowest BCUT2D eigenvalue weighted by molar-refractivity contribution is -0.275. The van der Waals surface area contributed by atoms with Crippen molar-refractivity contribution in [1.82, 2.24) is 0 Å². The summed E-state index contributed by atoms with van der Waals surface area (Å²) < 4.78 is 0. The summed E-state index contributed by atoms with van der Waals surface area (Å²) in [4.78, 5) is 0. The molecule has 12 bridgehead atoms. The molecule has 0 aromatic heterocycles. The number of hydrogen-bond acceptors (Lipinski definition) is 0. The minimum Gasteiger partial charge on any atom is -0.186 e. The van der Waals surface area contributed by atoms with Crippen molar-refractivity contribution in [3.8, 4) is 23.5 Å². The molecule has 12 aliphatic rings. The molecule has 0 aliphatic heterocycles. The van der Waals surface area contributed by atoms with Crippen molar-refractivity contribution in [3.63, 3.8) is 0 Å². The van der Waals surface area contributed by atoms with Crippen LogP contribution >= 0.6 is 10.0 Å². The van der Waals surface area contributed by atoms with Gasteiger partial charge >= 0.3 is 0 Å². The third-order valence-electron chi connectivity index (χ3n) is 15.4. The molecule has 12 fully saturated rings. The van der Waals surface area contributed by atoms with Crippen molar-refractivity contribution >= 4 is 10.0 Å². The van der Waals surface area contributed by atoms with Gasteiger partial charge in [-0.2, -0.15) is 10.0 Å². The zero-order valence-electron chi connectivity index (χ0n) is 24.7. The quantitative estimate of drug-likeness (QED) is 0.314. The fourth-order valence-corrected chi connectivity index (χ4v) is 16.4. The van der Waals surface area contributed by atoms with E-state index in [1.54, 1.807) is 70.6 Å². The first-order valence-corrected chi connectivity index (χ1v) is 19.5. The van der Waals surface area contributed by atoms with Crippen molar-refractivity contribution in [3.05, 3.63) is 0 Å². The Morgan fingerprint density at radius 1 is 0.500 bits per heavy atom. The van der Waals surface area contributed by atoms with E-state index in [4.69, 9.17) is 6.42 Å². The second-order valence-corrected chi connectivity index (χ2v) is 22.7. The molecule has 0 amide bonds. The highest BCUT2D eigenvalue weighted by Gasteiger charge is 2.74. The summed E-state index contributed by atoms with van der Waals surface area (Å²) in [7, 11) is -0.754. The lowest BCUT2D eigenvalue weighted by Crippen LogP contribution is -2.68. The molecule has 0 spiro atoms. The van der Waals surface area contributed by atoms with E-state index in [1.807, 2.05) is 0 Å². The Morgan fingerprint density at radius 3 is 1.24 bits per heavy atom. The van der Waals surface area contributed by atoms with Crippen LogP contribution in [0.1, 0.15) is 116 Å². The Hall–Kier alpha value is -0.530. The normalized spacial score (nSPS) is 61.0. The van der Waals surface area contributed by atoms with Crippen LogP contribution in [0.25, 0.3) is 0 Å². The second kappa shape index (κ2) is 7.09. The summed E-state index contributed by atoms with van der Waals surface area (Å²) >= 11 is 0. The van der Waals surface area contributed by atoms with Crippen LogP contribution in [-0.2, 0) is 0 Å². The summed E-state index contributed by atoms with van der Waals surface area (Å²) in [5.74, 6) is 13.5. The molecular formula is C37H52S. The summed E-state index contributed by atoms with van der Waals surface area (Å²) in [5, 5.41) is 3.89. The number of terminal acetylenes is 1. The van der Waals surface area contributed by atoms with Crippen LogP contribution in [0.15, 0.2) is 0 Å². The van der Waals surface area contributed by atoms with Crippen molar-refractivity contribution < 1.29 is 0 Å². The van der Waals surface area contributed by atoms with Gasteiger partial charge in [0.1, 0.15) is 0 Å². The molecule has 0 N–H and O–H groups in total. The van der Waals surface area contributed by atoms with Gasteiger partial charge in [0.15, 0.2) is 0 Å². The average Bonchev–Trinajstić information content (AvgIpc) is 2.80. The summed E-state index contributed by atoms with van der Waals surface area (Å²) in [6.07, 6.45) is 41.1. The van der Waals surface area contributed by atoms with E-state index in [-0.39, 0.29) is 5.41 Å². The molecule has 38 heavy (non-hydrogen) atoms. The molecule has 0 aromatic carbocycles. The van der Waals surface area contributed by atoms with Gasteiger partial charge in [-0.1, -0.05) is 17.1 Å². The van der Waals surface area contributed by atoms with E-state index in [9.17, 15) is 0 Å². The van der Waals surface area contributed by atoms with E-state index in [2.05, 4.69) is 35.9 Å². The predicted octanol–water partition coefficient (Wildman–Crippen LogP) is 9.03. The average molecular weight is 529 g/mol. The molecule has 1 heteroatoms. The van der Waals surface area contributed by atoms with E-state index < -0.39 is 10.0 Å². The maximum absolute atomic E-state index is 6.42. The summed E-state index contributed by atoms with van der Waals surface area (Å²) in [6, 6.07) is 0. The van der Waals surface area contributed by atoms with E-state index in [0.29, 0.717) is 27.1 Å². The van der Waals surface area contributed by atoms with Gasteiger partial charge in [-0.15, -0.1) is 6.42 Å². The maximum Gasteiger partial charge on any atom is 0.0333 e. The Balaban J connectivity index is 1.13. The van der Waals surface area contributed by atoms with Crippen LogP contribution in [-0.4, -0.2) is 18.8 Å². The predicted molar refractivity (Wildman–Crippen MR) is 161 cm³/mol. The van der Waals surface area contributed by atoms with Crippen molar-refractivity contribution in [2.75, 3.05) is 18.8 Å². The van der Waals surface area contributed by atoms with Gasteiger partial charge in [-0.25, -0.2) is 0 Å². The lowest BCUT2D eigenvalue weighted by atomic mass is 9.27. The van der Waals surface area contributed by atoms with Crippen LogP contribution in [0.4, 0.5) is 0 Å². The van der Waals surface area contributed by atoms with Gasteiger partial charge in [0.05, 0.1) is 0 Å². The molecule has 0 nitrogen and oxygen atoms in total. The summed E-state index contributed by atoms with van der Waals surface area (Å²) in [6.45, 7) is 0. The molecule has 206 valence electrons. The van der Waals surface area contributed by atoms with Crippen LogP contribution < -0.4 is 0 Å². The third kappa shape index (κ3) is 3.05. The largest absolute Gasteiger partial charge is 0.186 e. The Kier molecular flexibility index (Phi) is 4.49. The van der Waals surface area contributed by atoms with Gasteiger partial charge in [0.25, 0.3) is 0 Å². The highest BCUT2D eigenvalue weighted by atomic mass is 32.3. The second-order valence-electron chi connectivity index (χ2n) is 18.8. The zero-order chi connectivity index (χ0) is 25.8. The van der Waals surface area contributed by atoms with Crippen LogP contribution in [0, 0.1) is 91.5 Å². The third-order valence-corrected chi connectivity index (χ3v) is 16.1. The topological polar surface area (TPSA) is 0 Å². The van der Waals surface area contributed by atoms with Gasteiger partial charge in [-0.3, -0.25) is 0 Å². The minimum absolute atomic E-state index is 0.274. The zero-order valence-corrected chi connectivity index (χ0v) is 25.5. The Bertz CT molecular complexity index is 1140. The van der Waals surface area contributed by atoms with E-state index in [1.165, 1.54) is 44.9 Å². The van der Waals surface area contributed by atoms with Crippen molar-refractivity contribution in [1.29, 1.82) is 0 Å². The number of rotatable bonds is 2. The SMILES string of the molecule is C#CC12CC3CC(C1)CC(C14CC5CC(C1)CC(C16CC7CC(CC(C#CS(C)(C)C)(C7)C1)C6)(C5)C4)(C3)C2. The summed E-state index contributed by atoms with van der Waals surface area (Å²) in [5.41, 5.74) is 3.14. The first-order chi connectivity index (χ1) is 18.0. The van der Waals surface area contributed by atoms with E-state index in [0.717, 1.165) is 35.5 Å². The van der Waals surface area contributed by atoms with Gasteiger partial charge in [-0.05, 0) is 192 Å². The molecule has 0 aromatic rings. The van der Waals surface area contributed by atoms with E-state index >= 15 is 0 Å². The molecule has 6 unspecified atom stereocenters. The van der Waals surface area contributed by atoms with Crippen LogP contribution in [0.5, 0.6) is 0 Å². The van der Waals surface area contributed by atoms with Gasteiger partial charge in [0, 0.05) is 10.8 Å². The molecular weight excluding hydrogens is 476 g/mol. The molecule has 12 aliphatic carbocycles. The molecule has 6 atom stereocenters. The molecule has 0 saturated heterocycles. The molecule has 0 heterocycles. The van der Waals surface area contributed by atoms with Gasteiger partial charge in [0.2, 0.25) is 0 Å². The molecule has 0 radical (unpaired) electrons. The maximum atomic E-state index is 6.42. The molecule has 12 rings (SSSR count). The highest BCUT2D eigenvalue weighted by molar-refractivity contribution is 8.35. The standard InChI is InChI=1S/C37H52S/c1-5-32-11-26-8-27(12-32)16-34(15-26,23-32)36-19-30-10-31(20-36)22-37(21-30,25-36)35-17-28-9-29(18-35)14-33(13-28,24-35)6-7-38(2,3)4/h1,26-31H,8-25H2,2-4H3. The van der Waals surface area contributed by atoms with Crippen LogP contribution in [0.2, 0.25) is 0 Å². The van der Waals surface area contributed by atoms with Crippen molar-refractivity contribution in [2.24, 2.45) is 68.0 Å².